The molecule has 0 unspecified atom stereocenters. The van der Waals surface area contributed by atoms with E-state index in [-0.39, 0.29) is 12.5 Å². The largest absolute Gasteiger partial charge is 0.478 e. The smallest absolute Gasteiger partial charge is 0.335 e. The molecule has 0 spiro atoms. The van der Waals surface area contributed by atoms with Crippen LogP contribution in [0.5, 0.6) is 0 Å². The fraction of sp³-hybridized carbons (Fsp3) is 0.385. The van der Waals surface area contributed by atoms with E-state index in [1.54, 1.807) is 13.8 Å². The molecule has 7 heteroatoms. The molecule has 0 fully saturated rings. The van der Waals surface area contributed by atoms with Crippen molar-refractivity contribution in [1.29, 1.82) is 0 Å². The van der Waals surface area contributed by atoms with Gasteiger partial charge < -0.3 is 15.3 Å². The van der Waals surface area contributed by atoms with Gasteiger partial charge in [0, 0.05) is 13.1 Å². The van der Waals surface area contributed by atoms with Gasteiger partial charge in [-0.2, -0.15) is 0 Å². The average molecular weight is 286 g/mol. The van der Waals surface area contributed by atoms with E-state index in [2.05, 4.69) is 5.32 Å². The molecule has 0 aliphatic heterocycles. The predicted molar refractivity (Wildman–Crippen MR) is 69.7 cm³/mol. The zero-order valence-electron chi connectivity index (χ0n) is 11.2. The van der Waals surface area contributed by atoms with Crippen molar-refractivity contribution in [1.82, 2.24) is 4.90 Å². The molecule has 20 heavy (non-hydrogen) atoms. The first-order valence-electron chi connectivity index (χ1n) is 6.14. The third-order valence-electron chi connectivity index (χ3n) is 2.82. The molecule has 1 amide bonds. The maximum Gasteiger partial charge on any atom is 0.335 e. The van der Waals surface area contributed by atoms with Crippen LogP contribution in [0.4, 0.5) is 14.5 Å². The first kappa shape index (κ1) is 15.9. The number of halogens is 2. The van der Waals surface area contributed by atoms with E-state index < -0.39 is 28.9 Å². The topological polar surface area (TPSA) is 69.6 Å². The van der Waals surface area contributed by atoms with Crippen LogP contribution in [0.3, 0.4) is 0 Å². The molecule has 5 nitrogen and oxygen atoms in total. The van der Waals surface area contributed by atoms with Gasteiger partial charge in [-0.05, 0) is 26.0 Å². The molecule has 0 saturated carbocycles. The van der Waals surface area contributed by atoms with Crippen LogP contribution >= 0.6 is 0 Å². The average Bonchev–Trinajstić information content (AvgIpc) is 2.38. The van der Waals surface area contributed by atoms with Gasteiger partial charge in [0.1, 0.15) is 17.3 Å². The summed E-state index contributed by atoms with van der Waals surface area (Å²) in [5, 5.41) is 11.0. The van der Waals surface area contributed by atoms with Crippen molar-refractivity contribution >= 4 is 17.6 Å². The number of hydrogen-bond acceptors (Lipinski definition) is 3. The lowest BCUT2D eigenvalue weighted by molar-refractivity contribution is -0.128. The maximum atomic E-state index is 13.6. The second kappa shape index (κ2) is 6.83. The zero-order chi connectivity index (χ0) is 15.3. The molecule has 1 aromatic carbocycles. The van der Waals surface area contributed by atoms with E-state index in [1.807, 2.05) is 0 Å². The van der Waals surface area contributed by atoms with Crippen LogP contribution in [0.15, 0.2) is 12.1 Å². The van der Waals surface area contributed by atoms with Crippen molar-refractivity contribution < 1.29 is 23.5 Å². The highest BCUT2D eigenvalue weighted by Gasteiger charge is 2.16. The Bertz CT molecular complexity index is 493. The Hall–Kier alpha value is -2.18. The van der Waals surface area contributed by atoms with Gasteiger partial charge in [-0.1, -0.05) is 0 Å². The summed E-state index contributed by atoms with van der Waals surface area (Å²) in [5.74, 6) is -3.81. The number of benzene rings is 1. The van der Waals surface area contributed by atoms with Crippen molar-refractivity contribution in [2.75, 3.05) is 25.0 Å². The molecule has 1 rings (SSSR count). The molecule has 0 aromatic heterocycles. The standard InChI is InChI=1S/C13H16F2N2O3/c1-3-17(4-2)11(18)7-16-12-9(14)5-8(13(19)20)6-10(12)15/h5-6,16H,3-4,7H2,1-2H3,(H,19,20). The van der Waals surface area contributed by atoms with E-state index in [0.717, 1.165) is 0 Å². The Morgan fingerprint density at radius 2 is 1.70 bits per heavy atom. The van der Waals surface area contributed by atoms with Crippen LogP contribution in [0.2, 0.25) is 0 Å². The lowest BCUT2D eigenvalue weighted by Gasteiger charge is -2.19. The van der Waals surface area contributed by atoms with Crippen LogP contribution in [-0.2, 0) is 4.79 Å². The SMILES string of the molecule is CCN(CC)C(=O)CNc1c(F)cc(C(=O)O)cc1F. The Balaban J connectivity index is 2.84. The summed E-state index contributed by atoms with van der Waals surface area (Å²) in [6, 6.07) is 1.41. The molecular weight excluding hydrogens is 270 g/mol. The Morgan fingerprint density at radius 3 is 2.10 bits per heavy atom. The van der Waals surface area contributed by atoms with Crippen molar-refractivity contribution in [2.45, 2.75) is 13.8 Å². The van der Waals surface area contributed by atoms with Crippen LogP contribution in [0.1, 0.15) is 24.2 Å². The molecule has 0 heterocycles. The van der Waals surface area contributed by atoms with Crippen molar-refractivity contribution in [3.05, 3.63) is 29.3 Å². The zero-order valence-corrected chi connectivity index (χ0v) is 11.2. The minimum atomic E-state index is -1.42. The minimum Gasteiger partial charge on any atom is -0.478 e. The molecule has 0 aliphatic rings. The summed E-state index contributed by atoms with van der Waals surface area (Å²) < 4.78 is 27.2. The van der Waals surface area contributed by atoms with Gasteiger partial charge in [0.15, 0.2) is 0 Å². The molecule has 2 N–H and O–H groups in total. The van der Waals surface area contributed by atoms with Gasteiger partial charge >= 0.3 is 5.97 Å². The summed E-state index contributed by atoms with van der Waals surface area (Å²) in [6.45, 7) is 4.33. The minimum absolute atomic E-state index is 0.262. The second-order valence-electron chi connectivity index (χ2n) is 4.04. The maximum absolute atomic E-state index is 13.6. The number of nitrogens with zero attached hydrogens (tertiary/aromatic N) is 1. The highest BCUT2D eigenvalue weighted by Crippen LogP contribution is 2.20. The fourth-order valence-corrected chi connectivity index (χ4v) is 1.72. The molecule has 1 aromatic rings. The summed E-state index contributed by atoms with van der Waals surface area (Å²) in [4.78, 5) is 23.8. The number of carbonyl (C=O) groups is 2. The summed E-state index contributed by atoms with van der Waals surface area (Å²) in [7, 11) is 0. The number of rotatable bonds is 6. The summed E-state index contributed by atoms with van der Waals surface area (Å²) in [6.07, 6.45) is 0. The molecule has 0 aliphatic carbocycles. The first-order valence-corrected chi connectivity index (χ1v) is 6.14. The van der Waals surface area contributed by atoms with Gasteiger partial charge in [-0.15, -0.1) is 0 Å². The number of carboxylic acid groups (broad SMARTS) is 1. The van der Waals surface area contributed by atoms with Crippen LogP contribution in [0.25, 0.3) is 0 Å². The first-order chi connectivity index (χ1) is 9.40. The lowest BCUT2D eigenvalue weighted by Crippen LogP contribution is -2.35. The third-order valence-corrected chi connectivity index (χ3v) is 2.82. The van der Waals surface area contributed by atoms with Crippen molar-refractivity contribution in [2.24, 2.45) is 0 Å². The van der Waals surface area contributed by atoms with Crippen LogP contribution in [-0.4, -0.2) is 41.5 Å². The fourth-order valence-electron chi connectivity index (χ4n) is 1.72. The van der Waals surface area contributed by atoms with Crippen LogP contribution in [0, 0.1) is 11.6 Å². The van der Waals surface area contributed by atoms with Crippen LogP contribution < -0.4 is 5.32 Å². The van der Waals surface area contributed by atoms with E-state index >= 15 is 0 Å². The number of amides is 1. The number of anilines is 1. The molecule has 0 radical (unpaired) electrons. The van der Waals surface area contributed by atoms with E-state index in [0.29, 0.717) is 25.2 Å². The quantitative estimate of drug-likeness (QED) is 0.838. The number of likely N-dealkylation sites (N-methyl/N-ethyl adjacent to an activating group) is 1. The van der Waals surface area contributed by atoms with Gasteiger partial charge in [0.2, 0.25) is 5.91 Å². The van der Waals surface area contributed by atoms with Gasteiger partial charge in [0.05, 0.1) is 12.1 Å². The molecular formula is C13H16F2N2O3. The van der Waals surface area contributed by atoms with Gasteiger partial charge in [0.25, 0.3) is 0 Å². The number of nitrogens with one attached hydrogen (secondary N) is 1. The number of hydrogen-bond donors (Lipinski definition) is 2. The monoisotopic (exact) mass is 286 g/mol. The lowest BCUT2D eigenvalue weighted by atomic mass is 10.2. The van der Waals surface area contributed by atoms with E-state index in [1.165, 1.54) is 4.90 Å². The van der Waals surface area contributed by atoms with Gasteiger partial charge in [-0.3, -0.25) is 4.79 Å². The Kier molecular flexibility index (Phi) is 5.42. The van der Waals surface area contributed by atoms with Crippen molar-refractivity contribution in [3.63, 3.8) is 0 Å². The number of carbonyl (C=O) groups excluding carboxylic acids is 1. The molecule has 0 bridgehead atoms. The predicted octanol–water partition coefficient (Wildman–Crippen LogP) is 1.94. The number of aromatic carboxylic acids is 1. The molecule has 110 valence electrons. The Labute approximate surface area is 115 Å². The normalized spacial score (nSPS) is 10.2. The van der Waals surface area contributed by atoms with Gasteiger partial charge in [-0.25, -0.2) is 13.6 Å². The van der Waals surface area contributed by atoms with E-state index in [9.17, 15) is 18.4 Å². The second-order valence-corrected chi connectivity index (χ2v) is 4.04. The van der Waals surface area contributed by atoms with Crippen molar-refractivity contribution in [3.8, 4) is 0 Å². The molecule has 0 atom stereocenters. The highest BCUT2D eigenvalue weighted by molar-refractivity contribution is 5.88. The summed E-state index contributed by atoms with van der Waals surface area (Å²) >= 11 is 0. The third kappa shape index (κ3) is 3.66. The highest BCUT2D eigenvalue weighted by atomic mass is 19.1. The molecule has 0 saturated heterocycles. The Morgan fingerprint density at radius 1 is 1.20 bits per heavy atom. The number of carboxylic acids is 1. The van der Waals surface area contributed by atoms with E-state index in [4.69, 9.17) is 5.11 Å². The summed E-state index contributed by atoms with van der Waals surface area (Å²) in [5.41, 5.74) is -0.990.